The first-order valence-electron chi connectivity index (χ1n) is 8.40. The number of likely N-dealkylation sites (tertiary alicyclic amines) is 1. The Morgan fingerprint density at radius 2 is 1.88 bits per heavy atom. The van der Waals surface area contributed by atoms with E-state index in [4.69, 9.17) is 0 Å². The molecule has 1 heterocycles. The average molecular weight is 401 g/mol. The zero-order valence-electron chi connectivity index (χ0n) is 14.1. The minimum atomic E-state index is -0.283. The molecule has 2 amide bonds. The van der Waals surface area contributed by atoms with Gasteiger partial charge in [0.1, 0.15) is 0 Å². The largest absolute Gasteiger partial charge is 0.349 e. The van der Waals surface area contributed by atoms with Crippen LogP contribution >= 0.6 is 15.9 Å². The van der Waals surface area contributed by atoms with Crippen LogP contribution in [0.3, 0.4) is 0 Å². The first-order valence-corrected chi connectivity index (χ1v) is 9.20. The number of carbonyl (C=O) groups excluding carboxylic acids is 2. The van der Waals surface area contributed by atoms with E-state index in [1.807, 2.05) is 61.5 Å². The van der Waals surface area contributed by atoms with E-state index < -0.39 is 0 Å². The van der Waals surface area contributed by atoms with E-state index in [0.29, 0.717) is 13.1 Å². The maximum absolute atomic E-state index is 12.5. The van der Waals surface area contributed by atoms with Crippen molar-refractivity contribution in [2.75, 3.05) is 6.54 Å². The number of hydrogen-bond donors (Lipinski definition) is 1. The van der Waals surface area contributed by atoms with Crippen molar-refractivity contribution in [3.63, 3.8) is 0 Å². The summed E-state index contributed by atoms with van der Waals surface area (Å²) in [6, 6.07) is 17.7. The van der Waals surface area contributed by atoms with Crippen LogP contribution in [0.1, 0.15) is 30.5 Å². The molecular formula is C20H21BrN2O2. The van der Waals surface area contributed by atoms with Gasteiger partial charge in [0.2, 0.25) is 11.8 Å². The molecule has 0 spiro atoms. The fraction of sp³-hybridized carbons (Fsp3) is 0.300. The smallest absolute Gasteiger partial charge is 0.225 e. The molecule has 130 valence electrons. The highest BCUT2D eigenvalue weighted by Gasteiger charge is 2.34. The van der Waals surface area contributed by atoms with Crippen LogP contribution < -0.4 is 5.32 Å². The first-order chi connectivity index (χ1) is 12.0. The van der Waals surface area contributed by atoms with Crippen molar-refractivity contribution in [3.05, 3.63) is 70.2 Å². The van der Waals surface area contributed by atoms with Crippen LogP contribution in [0.5, 0.6) is 0 Å². The normalized spacial score (nSPS) is 18.2. The van der Waals surface area contributed by atoms with Crippen LogP contribution in [0.25, 0.3) is 0 Å². The van der Waals surface area contributed by atoms with Crippen LogP contribution in [-0.2, 0) is 16.1 Å². The molecule has 2 atom stereocenters. The molecule has 0 bridgehead atoms. The minimum Gasteiger partial charge on any atom is -0.349 e. The monoisotopic (exact) mass is 400 g/mol. The van der Waals surface area contributed by atoms with E-state index in [2.05, 4.69) is 21.2 Å². The van der Waals surface area contributed by atoms with E-state index in [-0.39, 0.29) is 30.2 Å². The summed E-state index contributed by atoms with van der Waals surface area (Å²) in [6.07, 6.45) is 0.283. The van der Waals surface area contributed by atoms with E-state index in [1.165, 1.54) is 0 Å². The fourth-order valence-corrected chi connectivity index (χ4v) is 3.33. The number of halogens is 1. The Morgan fingerprint density at radius 3 is 2.56 bits per heavy atom. The van der Waals surface area contributed by atoms with Gasteiger partial charge in [0.25, 0.3) is 0 Å². The molecule has 0 aromatic heterocycles. The minimum absolute atomic E-state index is 0.0419. The maximum atomic E-state index is 12.5. The average Bonchev–Trinajstić information content (AvgIpc) is 2.97. The van der Waals surface area contributed by atoms with Crippen molar-refractivity contribution in [1.82, 2.24) is 10.2 Å². The second-order valence-corrected chi connectivity index (χ2v) is 7.36. The Bertz CT molecular complexity index is 746. The van der Waals surface area contributed by atoms with Gasteiger partial charge in [-0.2, -0.15) is 0 Å². The van der Waals surface area contributed by atoms with Crippen LogP contribution in [0, 0.1) is 5.92 Å². The lowest BCUT2D eigenvalue weighted by molar-refractivity contribution is -0.129. The molecule has 1 aliphatic heterocycles. The maximum Gasteiger partial charge on any atom is 0.225 e. The number of nitrogens with one attached hydrogen (secondary N) is 1. The van der Waals surface area contributed by atoms with Crippen molar-refractivity contribution in [2.24, 2.45) is 5.92 Å². The molecule has 0 saturated carbocycles. The summed E-state index contributed by atoms with van der Waals surface area (Å²) in [7, 11) is 0. The van der Waals surface area contributed by atoms with E-state index in [9.17, 15) is 9.59 Å². The fourth-order valence-electron chi connectivity index (χ4n) is 3.07. The van der Waals surface area contributed by atoms with E-state index in [1.54, 1.807) is 4.90 Å². The Labute approximate surface area is 156 Å². The molecule has 3 rings (SSSR count). The Hall–Kier alpha value is -2.14. The summed E-state index contributed by atoms with van der Waals surface area (Å²) in [6.45, 7) is 3.00. The van der Waals surface area contributed by atoms with Gasteiger partial charge in [0.05, 0.1) is 12.0 Å². The van der Waals surface area contributed by atoms with Gasteiger partial charge in [-0.05, 0) is 30.2 Å². The summed E-state index contributed by atoms with van der Waals surface area (Å²) in [5, 5.41) is 3.03. The number of carbonyl (C=O) groups is 2. The van der Waals surface area contributed by atoms with Gasteiger partial charge in [-0.1, -0.05) is 58.4 Å². The number of nitrogens with zero attached hydrogens (tertiary/aromatic N) is 1. The van der Waals surface area contributed by atoms with Crippen molar-refractivity contribution in [1.29, 1.82) is 0 Å². The van der Waals surface area contributed by atoms with Gasteiger partial charge in [0, 0.05) is 24.0 Å². The molecule has 1 fully saturated rings. The SMILES string of the molecule is CC(NC(=O)C1CC(=O)N(Cc2ccccc2)C1)c1ccc(Br)cc1. The molecule has 1 N–H and O–H groups in total. The van der Waals surface area contributed by atoms with Gasteiger partial charge in [-0.3, -0.25) is 9.59 Å². The molecule has 0 radical (unpaired) electrons. The quantitative estimate of drug-likeness (QED) is 0.831. The second-order valence-electron chi connectivity index (χ2n) is 6.44. The topological polar surface area (TPSA) is 49.4 Å². The van der Waals surface area contributed by atoms with Crippen LogP contribution in [-0.4, -0.2) is 23.3 Å². The lowest BCUT2D eigenvalue weighted by Crippen LogP contribution is -2.34. The lowest BCUT2D eigenvalue weighted by Gasteiger charge is -2.19. The molecule has 5 heteroatoms. The highest BCUT2D eigenvalue weighted by atomic mass is 79.9. The zero-order chi connectivity index (χ0) is 17.8. The number of amides is 2. The summed E-state index contributed by atoms with van der Waals surface area (Å²) < 4.78 is 1.01. The predicted octanol–water partition coefficient (Wildman–Crippen LogP) is 3.68. The molecular weight excluding hydrogens is 380 g/mol. The molecule has 2 aromatic rings. The van der Waals surface area contributed by atoms with Crippen molar-refractivity contribution in [2.45, 2.75) is 25.9 Å². The lowest BCUT2D eigenvalue weighted by atomic mass is 10.1. The van der Waals surface area contributed by atoms with Gasteiger partial charge in [-0.15, -0.1) is 0 Å². The van der Waals surface area contributed by atoms with Gasteiger partial charge >= 0.3 is 0 Å². The van der Waals surface area contributed by atoms with E-state index in [0.717, 1.165) is 15.6 Å². The van der Waals surface area contributed by atoms with Gasteiger partial charge < -0.3 is 10.2 Å². The van der Waals surface area contributed by atoms with Crippen molar-refractivity contribution < 1.29 is 9.59 Å². The third kappa shape index (κ3) is 4.48. The molecule has 0 aliphatic carbocycles. The van der Waals surface area contributed by atoms with Gasteiger partial charge in [-0.25, -0.2) is 0 Å². The number of hydrogen-bond acceptors (Lipinski definition) is 2. The summed E-state index contributed by atoms with van der Waals surface area (Å²) in [5.41, 5.74) is 2.13. The molecule has 4 nitrogen and oxygen atoms in total. The molecule has 1 saturated heterocycles. The summed E-state index contributed by atoms with van der Waals surface area (Å²) in [5.74, 6) is -0.297. The first kappa shape index (κ1) is 17.7. The van der Waals surface area contributed by atoms with Crippen molar-refractivity contribution in [3.8, 4) is 0 Å². The number of benzene rings is 2. The Kier molecular flexibility index (Phi) is 5.53. The van der Waals surface area contributed by atoms with Crippen molar-refractivity contribution >= 4 is 27.7 Å². The second kappa shape index (κ2) is 7.83. The third-order valence-corrected chi connectivity index (χ3v) is 5.06. The molecule has 25 heavy (non-hydrogen) atoms. The van der Waals surface area contributed by atoms with Crippen LogP contribution in [0.15, 0.2) is 59.1 Å². The zero-order valence-corrected chi connectivity index (χ0v) is 15.7. The standard InChI is InChI=1S/C20H21BrN2O2/c1-14(16-7-9-18(21)10-8-16)22-20(25)17-11-19(24)23(13-17)12-15-5-3-2-4-6-15/h2-10,14,17H,11-13H2,1H3,(H,22,25). The highest BCUT2D eigenvalue weighted by molar-refractivity contribution is 9.10. The number of rotatable bonds is 5. The molecule has 1 aliphatic rings. The summed E-state index contributed by atoms with van der Waals surface area (Å²) in [4.78, 5) is 26.5. The summed E-state index contributed by atoms with van der Waals surface area (Å²) >= 11 is 3.41. The van der Waals surface area contributed by atoms with Crippen LogP contribution in [0.2, 0.25) is 0 Å². The Morgan fingerprint density at radius 1 is 1.20 bits per heavy atom. The molecule has 2 aromatic carbocycles. The highest BCUT2D eigenvalue weighted by Crippen LogP contribution is 2.22. The van der Waals surface area contributed by atoms with Crippen LogP contribution in [0.4, 0.5) is 0 Å². The van der Waals surface area contributed by atoms with E-state index >= 15 is 0 Å². The molecule has 2 unspecified atom stereocenters. The third-order valence-electron chi connectivity index (χ3n) is 4.53. The predicted molar refractivity (Wildman–Crippen MR) is 101 cm³/mol. The van der Waals surface area contributed by atoms with Gasteiger partial charge in [0.15, 0.2) is 0 Å². The Balaban J connectivity index is 1.58.